The Bertz CT molecular complexity index is 794. The van der Waals surface area contributed by atoms with Crippen LogP contribution in [0.25, 0.3) is 0 Å². The summed E-state index contributed by atoms with van der Waals surface area (Å²) in [5.74, 6) is -1.42. The molecule has 0 aliphatic rings. The number of furan rings is 1. The van der Waals surface area contributed by atoms with Crippen LogP contribution in [0, 0.1) is 6.92 Å². The van der Waals surface area contributed by atoms with Crippen molar-refractivity contribution in [3.63, 3.8) is 0 Å². The van der Waals surface area contributed by atoms with Gasteiger partial charge >= 0.3 is 11.9 Å². The van der Waals surface area contributed by atoms with E-state index in [9.17, 15) is 14.4 Å². The molecule has 0 saturated heterocycles. The molecule has 1 aromatic heterocycles. The highest BCUT2D eigenvalue weighted by molar-refractivity contribution is 5.92. The first-order valence-electron chi connectivity index (χ1n) is 7.27. The number of ether oxygens (including phenoxy) is 3. The van der Waals surface area contributed by atoms with Gasteiger partial charge in [-0.1, -0.05) is 12.1 Å². The summed E-state index contributed by atoms with van der Waals surface area (Å²) in [7, 11) is 1.24. The molecule has 0 unspecified atom stereocenters. The Kier molecular flexibility index (Phi) is 5.78. The SMILES string of the molecule is COC(=O)c1oc(COC(=O)c2ccccc2OCC(N)=O)cc1C. The van der Waals surface area contributed by atoms with E-state index in [0.29, 0.717) is 11.3 Å². The number of amides is 1. The van der Waals surface area contributed by atoms with Crippen LogP contribution < -0.4 is 10.5 Å². The van der Waals surface area contributed by atoms with Crippen LogP contribution in [0.5, 0.6) is 5.75 Å². The van der Waals surface area contributed by atoms with Gasteiger partial charge in [-0.3, -0.25) is 4.79 Å². The van der Waals surface area contributed by atoms with Crippen molar-refractivity contribution in [2.24, 2.45) is 5.73 Å². The number of para-hydroxylation sites is 1. The molecule has 0 aliphatic carbocycles. The molecule has 0 atom stereocenters. The summed E-state index contributed by atoms with van der Waals surface area (Å²) in [6.07, 6.45) is 0. The van der Waals surface area contributed by atoms with E-state index in [1.54, 1.807) is 25.1 Å². The van der Waals surface area contributed by atoms with Crippen molar-refractivity contribution in [1.82, 2.24) is 0 Å². The van der Waals surface area contributed by atoms with Crippen LogP contribution in [-0.2, 0) is 20.9 Å². The fourth-order valence-corrected chi connectivity index (χ4v) is 2.04. The third kappa shape index (κ3) is 4.60. The molecule has 0 aliphatic heterocycles. The average molecular weight is 347 g/mol. The number of esters is 2. The predicted octanol–water partition coefficient (Wildman–Crippen LogP) is 1.60. The van der Waals surface area contributed by atoms with Gasteiger partial charge in [0.2, 0.25) is 5.76 Å². The quantitative estimate of drug-likeness (QED) is 0.756. The number of aryl methyl sites for hydroxylation is 1. The largest absolute Gasteiger partial charge is 0.483 e. The van der Waals surface area contributed by atoms with Crippen molar-refractivity contribution in [2.45, 2.75) is 13.5 Å². The molecule has 1 amide bonds. The Balaban J connectivity index is 2.06. The van der Waals surface area contributed by atoms with E-state index in [1.165, 1.54) is 19.2 Å². The number of methoxy groups -OCH3 is 1. The van der Waals surface area contributed by atoms with Gasteiger partial charge in [-0.2, -0.15) is 0 Å². The number of carbonyl (C=O) groups is 3. The molecule has 0 spiro atoms. The summed E-state index contributed by atoms with van der Waals surface area (Å²) in [6, 6.07) is 7.86. The van der Waals surface area contributed by atoms with E-state index >= 15 is 0 Å². The Morgan fingerprint density at radius 3 is 2.56 bits per heavy atom. The van der Waals surface area contributed by atoms with Gasteiger partial charge in [-0.15, -0.1) is 0 Å². The summed E-state index contributed by atoms with van der Waals surface area (Å²) in [4.78, 5) is 34.5. The van der Waals surface area contributed by atoms with Crippen molar-refractivity contribution >= 4 is 17.8 Å². The second-order valence-electron chi connectivity index (χ2n) is 5.04. The van der Waals surface area contributed by atoms with Crippen molar-refractivity contribution in [2.75, 3.05) is 13.7 Å². The molecule has 1 aromatic carbocycles. The first-order valence-corrected chi connectivity index (χ1v) is 7.27. The molecule has 0 saturated carbocycles. The highest BCUT2D eigenvalue weighted by Gasteiger charge is 2.18. The number of nitrogens with two attached hydrogens (primary N) is 1. The van der Waals surface area contributed by atoms with Crippen LogP contribution in [-0.4, -0.2) is 31.6 Å². The van der Waals surface area contributed by atoms with Gasteiger partial charge in [0.05, 0.1) is 7.11 Å². The van der Waals surface area contributed by atoms with Crippen molar-refractivity contribution in [1.29, 1.82) is 0 Å². The number of carbonyl (C=O) groups excluding carboxylic acids is 3. The monoisotopic (exact) mass is 347 g/mol. The van der Waals surface area contributed by atoms with Crippen LogP contribution in [0.2, 0.25) is 0 Å². The molecular formula is C17H17NO7. The minimum atomic E-state index is -0.672. The Labute approximate surface area is 143 Å². The summed E-state index contributed by atoms with van der Waals surface area (Å²) >= 11 is 0. The average Bonchev–Trinajstić information content (AvgIpc) is 2.98. The standard InChI is InChI=1S/C17H17NO7/c1-10-7-11(25-15(10)17(21)22-2)8-24-16(20)12-5-3-4-6-13(12)23-9-14(18)19/h3-7H,8-9H2,1-2H3,(H2,18,19). The van der Waals surface area contributed by atoms with Crippen LogP contribution in [0.3, 0.4) is 0 Å². The molecular weight excluding hydrogens is 330 g/mol. The maximum absolute atomic E-state index is 12.2. The molecule has 8 heteroatoms. The van der Waals surface area contributed by atoms with Gasteiger partial charge < -0.3 is 24.4 Å². The topological polar surface area (TPSA) is 118 Å². The minimum absolute atomic E-state index is 0.0544. The van der Waals surface area contributed by atoms with E-state index in [2.05, 4.69) is 4.74 Å². The number of rotatable bonds is 7. The Morgan fingerprint density at radius 1 is 1.16 bits per heavy atom. The molecule has 2 N–H and O–H groups in total. The van der Waals surface area contributed by atoms with E-state index < -0.39 is 17.8 Å². The fourth-order valence-electron chi connectivity index (χ4n) is 2.04. The molecule has 132 valence electrons. The second-order valence-corrected chi connectivity index (χ2v) is 5.04. The normalized spacial score (nSPS) is 10.2. The fraction of sp³-hybridized carbons (Fsp3) is 0.235. The van der Waals surface area contributed by atoms with E-state index in [4.69, 9.17) is 19.6 Å². The zero-order valence-electron chi connectivity index (χ0n) is 13.7. The number of hydrogen-bond donors (Lipinski definition) is 1. The zero-order valence-corrected chi connectivity index (χ0v) is 13.7. The third-order valence-electron chi connectivity index (χ3n) is 3.16. The van der Waals surface area contributed by atoms with Crippen LogP contribution in [0.15, 0.2) is 34.7 Å². The lowest BCUT2D eigenvalue weighted by Gasteiger charge is -2.09. The van der Waals surface area contributed by atoms with E-state index in [0.717, 1.165) is 0 Å². The van der Waals surface area contributed by atoms with Crippen molar-refractivity contribution < 1.29 is 33.0 Å². The zero-order chi connectivity index (χ0) is 18.4. The third-order valence-corrected chi connectivity index (χ3v) is 3.16. The van der Waals surface area contributed by atoms with Crippen LogP contribution in [0.1, 0.15) is 32.2 Å². The molecule has 1 heterocycles. The van der Waals surface area contributed by atoms with Crippen molar-refractivity contribution in [3.05, 3.63) is 53.0 Å². The highest BCUT2D eigenvalue weighted by atomic mass is 16.6. The summed E-state index contributed by atoms with van der Waals surface area (Å²) in [5, 5.41) is 0. The van der Waals surface area contributed by atoms with Crippen LogP contribution >= 0.6 is 0 Å². The smallest absolute Gasteiger partial charge is 0.374 e. The van der Waals surface area contributed by atoms with Gasteiger partial charge in [0.15, 0.2) is 6.61 Å². The lowest BCUT2D eigenvalue weighted by atomic mass is 10.2. The molecule has 0 radical (unpaired) electrons. The van der Waals surface area contributed by atoms with Gasteiger partial charge in [0.25, 0.3) is 5.91 Å². The highest BCUT2D eigenvalue weighted by Crippen LogP contribution is 2.21. The Morgan fingerprint density at radius 2 is 1.88 bits per heavy atom. The van der Waals surface area contributed by atoms with Gasteiger partial charge in [-0.25, -0.2) is 9.59 Å². The van der Waals surface area contributed by atoms with E-state index in [1.807, 2.05) is 0 Å². The van der Waals surface area contributed by atoms with E-state index in [-0.39, 0.29) is 30.3 Å². The molecule has 2 rings (SSSR count). The minimum Gasteiger partial charge on any atom is -0.483 e. The number of benzene rings is 1. The lowest BCUT2D eigenvalue weighted by molar-refractivity contribution is -0.119. The molecule has 0 bridgehead atoms. The lowest BCUT2D eigenvalue weighted by Crippen LogP contribution is -2.21. The first-order chi connectivity index (χ1) is 11.9. The molecule has 0 fully saturated rings. The summed E-state index contributed by atoms with van der Waals surface area (Å²) < 4.78 is 20.3. The maximum Gasteiger partial charge on any atom is 0.374 e. The van der Waals surface area contributed by atoms with Crippen molar-refractivity contribution in [3.8, 4) is 5.75 Å². The van der Waals surface area contributed by atoms with Crippen LogP contribution in [0.4, 0.5) is 0 Å². The maximum atomic E-state index is 12.2. The molecule has 2 aromatic rings. The van der Waals surface area contributed by atoms with Gasteiger partial charge in [-0.05, 0) is 25.1 Å². The predicted molar refractivity (Wildman–Crippen MR) is 85.0 cm³/mol. The second kappa shape index (κ2) is 8.00. The molecule has 25 heavy (non-hydrogen) atoms. The van der Waals surface area contributed by atoms with Gasteiger partial charge in [0.1, 0.15) is 23.7 Å². The molecule has 8 nitrogen and oxygen atoms in total. The number of hydrogen-bond acceptors (Lipinski definition) is 7. The first kappa shape index (κ1) is 18.1. The summed E-state index contributed by atoms with van der Waals surface area (Å²) in [6.45, 7) is 1.14. The Hall–Kier alpha value is -3.29. The van der Waals surface area contributed by atoms with Gasteiger partial charge in [0, 0.05) is 5.56 Å². The number of primary amides is 1. The summed E-state index contributed by atoms with van der Waals surface area (Å²) in [5.41, 5.74) is 5.73.